The average Bonchev–Trinajstić information content (AvgIpc) is 3.21. The van der Waals surface area contributed by atoms with Gasteiger partial charge in [-0.05, 0) is 45.6 Å². The number of aryl methyl sites for hydroxylation is 2. The van der Waals surface area contributed by atoms with Gasteiger partial charge in [0.1, 0.15) is 6.26 Å². The van der Waals surface area contributed by atoms with Crippen LogP contribution in [0.25, 0.3) is 11.5 Å². The monoisotopic (exact) mass is 405 g/mol. The number of likely N-dealkylation sites (N-methyl/N-ethyl adjacent to an activating group) is 1. The van der Waals surface area contributed by atoms with E-state index in [-0.39, 0.29) is 6.04 Å². The van der Waals surface area contributed by atoms with Crippen LogP contribution in [0.2, 0.25) is 0 Å². The van der Waals surface area contributed by atoms with Gasteiger partial charge in [0.05, 0.1) is 18.3 Å². The zero-order valence-electron chi connectivity index (χ0n) is 18.4. The standard InChI is InChI=1S/C24H31N5O/c1-17-6-10-19(11-7-17)22(29(4)5)15-27-24(25-3)26-14-21-16-30-23(28-21)20-12-8-18(2)9-13-20/h6-13,16,22H,14-15H2,1-5H3,(H2,25,26,27). The lowest BCUT2D eigenvalue weighted by Gasteiger charge is -2.26. The van der Waals surface area contributed by atoms with E-state index < -0.39 is 0 Å². The number of rotatable bonds is 7. The highest BCUT2D eigenvalue weighted by Gasteiger charge is 2.15. The van der Waals surface area contributed by atoms with Crippen LogP contribution in [0.1, 0.15) is 28.4 Å². The van der Waals surface area contributed by atoms with E-state index in [1.54, 1.807) is 13.3 Å². The van der Waals surface area contributed by atoms with Crippen molar-refractivity contribution in [3.05, 3.63) is 77.2 Å². The zero-order valence-corrected chi connectivity index (χ0v) is 18.4. The molecule has 6 nitrogen and oxygen atoms in total. The summed E-state index contributed by atoms with van der Waals surface area (Å²) in [5.74, 6) is 1.36. The Bertz CT molecular complexity index is 958. The Labute approximate surface area is 179 Å². The fourth-order valence-corrected chi connectivity index (χ4v) is 3.19. The van der Waals surface area contributed by atoms with Crippen molar-refractivity contribution in [1.29, 1.82) is 0 Å². The van der Waals surface area contributed by atoms with Crippen molar-refractivity contribution < 1.29 is 4.42 Å². The summed E-state index contributed by atoms with van der Waals surface area (Å²) in [6.45, 7) is 5.44. The summed E-state index contributed by atoms with van der Waals surface area (Å²) in [5, 5.41) is 6.73. The molecule has 0 saturated carbocycles. The molecule has 0 aliphatic heterocycles. The molecule has 3 rings (SSSR count). The summed E-state index contributed by atoms with van der Waals surface area (Å²) in [4.78, 5) is 11.1. The summed E-state index contributed by atoms with van der Waals surface area (Å²) < 4.78 is 5.64. The van der Waals surface area contributed by atoms with Crippen LogP contribution in [-0.4, -0.2) is 43.5 Å². The Balaban J connectivity index is 1.57. The van der Waals surface area contributed by atoms with Gasteiger partial charge in [-0.15, -0.1) is 0 Å². The van der Waals surface area contributed by atoms with Gasteiger partial charge in [-0.25, -0.2) is 4.98 Å². The first kappa shape index (κ1) is 21.6. The predicted octanol–water partition coefficient (Wildman–Crippen LogP) is 3.93. The fourth-order valence-electron chi connectivity index (χ4n) is 3.19. The molecule has 30 heavy (non-hydrogen) atoms. The van der Waals surface area contributed by atoms with Crippen molar-refractivity contribution in [3.8, 4) is 11.5 Å². The fraction of sp³-hybridized carbons (Fsp3) is 0.333. The second-order valence-corrected chi connectivity index (χ2v) is 7.71. The largest absolute Gasteiger partial charge is 0.444 e. The molecule has 158 valence electrons. The lowest BCUT2D eigenvalue weighted by Crippen LogP contribution is -2.41. The van der Waals surface area contributed by atoms with Crippen LogP contribution in [0.5, 0.6) is 0 Å². The molecule has 3 aromatic rings. The molecule has 2 aromatic carbocycles. The molecular formula is C24H31N5O. The third kappa shape index (κ3) is 5.70. The molecule has 0 aliphatic carbocycles. The first-order valence-electron chi connectivity index (χ1n) is 10.1. The number of hydrogen-bond acceptors (Lipinski definition) is 4. The van der Waals surface area contributed by atoms with Crippen molar-refractivity contribution in [1.82, 2.24) is 20.5 Å². The van der Waals surface area contributed by atoms with Crippen molar-refractivity contribution in [2.45, 2.75) is 26.4 Å². The number of aliphatic imine (C=N–C) groups is 1. The molecule has 1 heterocycles. The van der Waals surface area contributed by atoms with Gasteiger partial charge in [-0.3, -0.25) is 4.99 Å². The zero-order chi connectivity index (χ0) is 21.5. The Morgan fingerprint density at radius 2 is 1.63 bits per heavy atom. The Morgan fingerprint density at radius 3 is 2.23 bits per heavy atom. The van der Waals surface area contributed by atoms with Crippen molar-refractivity contribution in [3.63, 3.8) is 0 Å². The summed E-state index contributed by atoms with van der Waals surface area (Å²) in [6, 6.07) is 17.0. The highest BCUT2D eigenvalue weighted by molar-refractivity contribution is 5.79. The third-order valence-corrected chi connectivity index (χ3v) is 5.06. The van der Waals surface area contributed by atoms with E-state index in [9.17, 15) is 0 Å². The van der Waals surface area contributed by atoms with Gasteiger partial charge in [-0.2, -0.15) is 0 Å². The van der Waals surface area contributed by atoms with Gasteiger partial charge in [0.25, 0.3) is 0 Å². The lowest BCUT2D eigenvalue weighted by atomic mass is 10.0. The molecule has 0 amide bonds. The number of hydrogen-bond donors (Lipinski definition) is 2. The second kappa shape index (κ2) is 10.1. The molecule has 0 saturated heterocycles. The first-order valence-corrected chi connectivity index (χ1v) is 10.1. The Kier molecular flexibility index (Phi) is 7.25. The summed E-state index contributed by atoms with van der Waals surface area (Å²) in [7, 11) is 5.95. The quantitative estimate of drug-likeness (QED) is 0.461. The van der Waals surface area contributed by atoms with Crippen LogP contribution in [0.15, 0.2) is 64.2 Å². The molecule has 0 aliphatic rings. The summed E-state index contributed by atoms with van der Waals surface area (Å²) in [5.41, 5.74) is 5.55. The number of guanidine groups is 1. The van der Waals surface area contributed by atoms with Gasteiger partial charge < -0.3 is 20.0 Å². The number of oxazole rings is 1. The van der Waals surface area contributed by atoms with Crippen molar-refractivity contribution in [2.24, 2.45) is 4.99 Å². The van der Waals surface area contributed by atoms with Gasteiger partial charge >= 0.3 is 0 Å². The van der Waals surface area contributed by atoms with Gasteiger partial charge in [-0.1, -0.05) is 47.5 Å². The van der Waals surface area contributed by atoms with Crippen LogP contribution in [-0.2, 0) is 6.54 Å². The molecule has 1 atom stereocenters. The lowest BCUT2D eigenvalue weighted by molar-refractivity contribution is 0.298. The molecule has 0 bridgehead atoms. The number of nitrogens with zero attached hydrogens (tertiary/aromatic N) is 3. The number of nitrogens with one attached hydrogen (secondary N) is 2. The molecule has 0 radical (unpaired) electrons. The van der Waals surface area contributed by atoms with Gasteiger partial charge in [0, 0.05) is 19.2 Å². The predicted molar refractivity (Wildman–Crippen MR) is 122 cm³/mol. The minimum atomic E-state index is 0.240. The van der Waals surface area contributed by atoms with Crippen LogP contribution in [0.3, 0.4) is 0 Å². The maximum atomic E-state index is 5.64. The maximum absolute atomic E-state index is 5.64. The SMILES string of the molecule is CN=C(NCc1coc(-c2ccc(C)cc2)n1)NCC(c1ccc(C)cc1)N(C)C. The van der Waals surface area contributed by atoms with E-state index >= 15 is 0 Å². The topological polar surface area (TPSA) is 65.7 Å². The van der Waals surface area contributed by atoms with Crippen LogP contribution in [0.4, 0.5) is 0 Å². The number of aromatic nitrogens is 1. The van der Waals surface area contributed by atoms with Gasteiger partial charge in [0.2, 0.25) is 5.89 Å². The van der Waals surface area contributed by atoms with Crippen molar-refractivity contribution in [2.75, 3.05) is 27.7 Å². The third-order valence-electron chi connectivity index (χ3n) is 5.06. The van der Waals surface area contributed by atoms with E-state index in [2.05, 4.69) is 89.9 Å². The second-order valence-electron chi connectivity index (χ2n) is 7.71. The molecule has 0 fully saturated rings. The minimum absolute atomic E-state index is 0.240. The van der Waals surface area contributed by atoms with E-state index in [1.165, 1.54) is 16.7 Å². The summed E-state index contributed by atoms with van der Waals surface area (Å²) >= 11 is 0. The Morgan fingerprint density at radius 1 is 1.00 bits per heavy atom. The maximum Gasteiger partial charge on any atom is 0.226 e. The number of benzene rings is 2. The molecule has 1 unspecified atom stereocenters. The van der Waals surface area contributed by atoms with E-state index in [1.807, 2.05) is 12.1 Å². The van der Waals surface area contributed by atoms with Crippen LogP contribution in [0, 0.1) is 13.8 Å². The summed E-state index contributed by atoms with van der Waals surface area (Å²) in [6.07, 6.45) is 1.68. The van der Waals surface area contributed by atoms with Crippen molar-refractivity contribution >= 4 is 5.96 Å². The first-order chi connectivity index (χ1) is 14.5. The molecule has 2 N–H and O–H groups in total. The normalized spacial score (nSPS) is 12.8. The molecule has 6 heteroatoms. The van der Waals surface area contributed by atoms with Gasteiger partial charge in [0.15, 0.2) is 5.96 Å². The highest BCUT2D eigenvalue weighted by Crippen LogP contribution is 2.19. The molecule has 0 spiro atoms. The Hall–Kier alpha value is -3.12. The van der Waals surface area contributed by atoms with E-state index in [0.717, 1.165) is 23.8 Å². The average molecular weight is 406 g/mol. The molecule has 1 aromatic heterocycles. The van der Waals surface area contributed by atoms with E-state index in [4.69, 9.17) is 4.42 Å². The van der Waals surface area contributed by atoms with Crippen LogP contribution < -0.4 is 10.6 Å². The van der Waals surface area contributed by atoms with Crippen LogP contribution >= 0.6 is 0 Å². The smallest absolute Gasteiger partial charge is 0.226 e. The van der Waals surface area contributed by atoms with E-state index in [0.29, 0.717) is 12.4 Å². The minimum Gasteiger partial charge on any atom is -0.444 e. The molecular weight excluding hydrogens is 374 g/mol. The highest BCUT2D eigenvalue weighted by atomic mass is 16.3.